The summed E-state index contributed by atoms with van der Waals surface area (Å²) in [5.74, 6) is 0.113. The first-order valence-corrected chi connectivity index (χ1v) is 9.11. The van der Waals surface area contributed by atoms with E-state index in [-0.39, 0.29) is 24.3 Å². The Hall–Kier alpha value is -2.28. The Morgan fingerprint density at radius 3 is 2.44 bits per heavy atom. The number of carbonyl (C=O) groups is 2. The van der Waals surface area contributed by atoms with Gasteiger partial charge < -0.3 is 10.6 Å². The van der Waals surface area contributed by atoms with Crippen molar-refractivity contribution in [2.75, 3.05) is 5.32 Å². The first kappa shape index (κ1) is 19.1. The maximum Gasteiger partial charge on any atom is 0.228 e. The molecule has 2 aromatic rings. The zero-order valence-electron chi connectivity index (χ0n) is 15.0. The highest BCUT2D eigenvalue weighted by Crippen LogP contribution is 2.21. The van der Waals surface area contributed by atoms with Crippen molar-refractivity contribution in [3.63, 3.8) is 0 Å². The molecule has 1 unspecified atom stereocenters. The van der Waals surface area contributed by atoms with Gasteiger partial charge in [-0.15, -0.1) is 10.2 Å². The average Bonchev–Trinajstić information content (AvgIpc) is 2.93. The molecule has 0 saturated carbocycles. The molecule has 0 bridgehead atoms. The van der Waals surface area contributed by atoms with Gasteiger partial charge in [-0.25, -0.2) is 0 Å². The quantitative estimate of drug-likeness (QED) is 0.794. The van der Waals surface area contributed by atoms with E-state index >= 15 is 0 Å². The van der Waals surface area contributed by atoms with Crippen LogP contribution in [0, 0.1) is 12.8 Å². The van der Waals surface area contributed by atoms with Gasteiger partial charge in [-0.1, -0.05) is 55.0 Å². The SMILES string of the molecule is CC(=O)NC(CC(=O)Nc1nnc(CC(C)C)s1)c1ccc(C)cc1. The first-order valence-electron chi connectivity index (χ1n) is 8.29. The molecule has 6 nitrogen and oxygen atoms in total. The lowest BCUT2D eigenvalue weighted by molar-refractivity contribution is -0.120. The van der Waals surface area contributed by atoms with Gasteiger partial charge in [-0.05, 0) is 18.4 Å². The highest BCUT2D eigenvalue weighted by atomic mass is 32.1. The molecule has 1 aromatic heterocycles. The van der Waals surface area contributed by atoms with Crippen LogP contribution in [0.25, 0.3) is 0 Å². The van der Waals surface area contributed by atoms with Gasteiger partial charge in [0.05, 0.1) is 12.5 Å². The van der Waals surface area contributed by atoms with Crippen LogP contribution in [0.3, 0.4) is 0 Å². The molecule has 1 heterocycles. The van der Waals surface area contributed by atoms with Crippen LogP contribution in [0.2, 0.25) is 0 Å². The van der Waals surface area contributed by atoms with Gasteiger partial charge in [0.15, 0.2) is 0 Å². The minimum absolute atomic E-state index is 0.141. The predicted octanol–water partition coefficient (Wildman–Crippen LogP) is 3.25. The molecule has 2 rings (SSSR count). The molecule has 0 aliphatic heterocycles. The Bertz CT molecular complexity index is 725. The molecule has 0 aliphatic rings. The predicted molar refractivity (Wildman–Crippen MR) is 99.4 cm³/mol. The molecule has 0 aliphatic carbocycles. The smallest absolute Gasteiger partial charge is 0.228 e. The number of benzene rings is 1. The first-order chi connectivity index (χ1) is 11.8. The second-order valence-corrected chi connectivity index (χ2v) is 7.58. The molecule has 1 aromatic carbocycles. The lowest BCUT2D eigenvalue weighted by Crippen LogP contribution is -2.29. The zero-order valence-corrected chi connectivity index (χ0v) is 15.8. The summed E-state index contributed by atoms with van der Waals surface area (Å²) in [6.45, 7) is 7.66. The van der Waals surface area contributed by atoms with Crippen molar-refractivity contribution in [3.05, 3.63) is 40.4 Å². The maximum absolute atomic E-state index is 12.4. The Morgan fingerprint density at radius 2 is 1.84 bits per heavy atom. The number of nitrogens with one attached hydrogen (secondary N) is 2. The molecular formula is C18H24N4O2S. The number of carbonyl (C=O) groups excluding carboxylic acids is 2. The Kier molecular flexibility index (Phi) is 6.64. The van der Waals surface area contributed by atoms with Crippen LogP contribution >= 0.6 is 11.3 Å². The largest absolute Gasteiger partial charge is 0.349 e. The Balaban J connectivity index is 2.02. The van der Waals surface area contributed by atoms with Crippen molar-refractivity contribution < 1.29 is 9.59 Å². The van der Waals surface area contributed by atoms with Gasteiger partial charge in [0.2, 0.25) is 16.9 Å². The number of rotatable bonds is 7. The van der Waals surface area contributed by atoms with Crippen LogP contribution in [-0.4, -0.2) is 22.0 Å². The van der Waals surface area contributed by atoms with Crippen molar-refractivity contribution >= 4 is 28.3 Å². The fraction of sp³-hybridized carbons (Fsp3) is 0.444. The summed E-state index contributed by atoms with van der Waals surface area (Å²) in [5.41, 5.74) is 2.02. The Morgan fingerprint density at radius 1 is 1.16 bits per heavy atom. The zero-order chi connectivity index (χ0) is 18.4. The lowest BCUT2D eigenvalue weighted by Gasteiger charge is -2.18. The van der Waals surface area contributed by atoms with Gasteiger partial charge in [0, 0.05) is 13.3 Å². The van der Waals surface area contributed by atoms with Gasteiger partial charge in [0.1, 0.15) is 5.01 Å². The average molecular weight is 360 g/mol. The van der Waals surface area contributed by atoms with E-state index in [4.69, 9.17) is 0 Å². The molecule has 7 heteroatoms. The standard InChI is InChI=1S/C18H24N4O2S/c1-11(2)9-17-21-22-18(25-17)20-16(24)10-15(19-13(4)23)14-7-5-12(3)6-8-14/h5-8,11,15H,9-10H2,1-4H3,(H,19,23)(H,20,22,24). The van der Waals surface area contributed by atoms with Crippen molar-refractivity contribution in [1.82, 2.24) is 15.5 Å². The maximum atomic E-state index is 12.4. The number of aryl methyl sites for hydroxylation is 1. The number of nitrogens with zero attached hydrogens (tertiary/aromatic N) is 2. The Labute approximate surface area is 152 Å². The van der Waals surface area contributed by atoms with Crippen LogP contribution in [-0.2, 0) is 16.0 Å². The molecular weight excluding hydrogens is 336 g/mol. The van der Waals surface area contributed by atoms with Crippen molar-refractivity contribution in [1.29, 1.82) is 0 Å². The highest BCUT2D eigenvalue weighted by Gasteiger charge is 2.18. The summed E-state index contributed by atoms with van der Waals surface area (Å²) >= 11 is 1.39. The number of amides is 2. The molecule has 0 radical (unpaired) electrons. The summed E-state index contributed by atoms with van der Waals surface area (Å²) in [6.07, 6.45) is 0.979. The summed E-state index contributed by atoms with van der Waals surface area (Å²) < 4.78 is 0. The highest BCUT2D eigenvalue weighted by molar-refractivity contribution is 7.15. The van der Waals surface area contributed by atoms with Crippen LogP contribution < -0.4 is 10.6 Å². The molecule has 1 atom stereocenters. The summed E-state index contributed by atoms with van der Waals surface area (Å²) in [6, 6.07) is 7.40. The molecule has 0 saturated heterocycles. The number of hydrogen-bond acceptors (Lipinski definition) is 5. The summed E-state index contributed by atoms with van der Waals surface area (Å²) in [7, 11) is 0. The summed E-state index contributed by atoms with van der Waals surface area (Å²) in [5, 5.41) is 15.1. The fourth-order valence-corrected chi connectivity index (χ4v) is 3.36. The van der Waals surface area contributed by atoms with Crippen LogP contribution in [0.1, 0.15) is 49.4 Å². The van der Waals surface area contributed by atoms with Crippen LogP contribution in [0.4, 0.5) is 5.13 Å². The molecule has 0 fully saturated rings. The minimum Gasteiger partial charge on any atom is -0.349 e. The van der Waals surface area contributed by atoms with Crippen molar-refractivity contribution in [2.45, 2.75) is 46.6 Å². The molecule has 134 valence electrons. The lowest BCUT2D eigenvalue weighted by atomic mass is 10.0. The number of aromatic nitrogens is 2. The van der Waals surface area contributed by atoms with Gasteiger partial charge >= 0.3 is 0 Å². The minimum atomic E-state index is -0.374. The fourth-order valence-electron chi connectivity index (χ4n) is 2.39. The van der Waals surface area contributed by atoms with Crippen molar-refractivity contribution in [3.8, 4) is 0 Å². The van der Waals surface area contributed by atoms with E-state index in [1.807, 2.05) is 31.2 Å². The second-order valence-electron chi connectivity index (χ2n) is 6.52. The molecule has 0 spiro atoms. The van der Waals surface area contributed by atoms with E-state index in [2.05, 4.69) is 34.7 Å². The monoisotopic (exact) mass is 360 g/mol. The van der Waals surface area contributed by atoms with Crippen LogP contribution in [0.15, 0.2) is 24.3 Å². The third-order valence-electron chi connectivity index (χ3n) is 3.54. The van der Waals surface area contributed by atoms with Gasteiger partial charge in [-0.2, -0.15) is 0 Å². The topological polar surface area (TPSA) is 84.0 Å². The van der Waals surface area contributed by atoms with E-state index in [1.165, 1.54) is 18.3 Å². The molecule has 2 N–H and O–H groups in total. The van der Waals surface area contributed by atoms with E-state index in [0.29, 0.717) is 11.0 Å². The van der Waals surface area contributed by atoms with E-state index in [0.717, 1.165) is 22.6 Å². The van der Waals surface area contributed by atoms with Gasteiger partial charge in [-0.3, -0.25) is 9.59 Å². The number of anilines is 1. The second kappa shape index (κ2) is 8.71. The van der Waals surface area contributed by atoms with E-state index in [1.54, 1.807) is 0 Å². The van der Waals surface area contributed by atoms with E-state index < -0.39 is 0 Å². The van der Waals surface area contributed by atoms with Crippen LogP contribution in [0.5, 0.6) is 0 Å². The third-order valence-corrected chi connectivity index (χ3v) is 4.40. The molecule has 25 heavy (non-hydrogen) atoms. The molecule has 2 amide bonds. The normalized spacial score (nSPS) is 12.0. The summed E-state index contributed by atoms with van der Waals surface area (Å²) in [4.78, 5) is 23.8. The van der Waals surface area contributed by atoms with Crippen molar-refractivity contribution in [2.24, 2.45) is 5.92 Å². The van der Waals surface area contributed by atoms with E-state index in [9.17, 15) is 9.59 Å². The van der Waals surface area contributed by atoms with Gasteiger partial charge in [0.25, 0.3) is 0 Å². The number of hydrogen-bond donors (Lipinski definition) is 2. The third kappa shape index (κ3) is 6.26.